The molecule has 0 radical (unpaired) electrons. The number of alkyl halides is 3. The van der Waals surface area contributed by atoms with Gasteiger partial charge in [-0.2, -0.15) is 13.2 Å². The topological polar surface area (TPSA) is 100 Å². The van der Waals surface area contributed by atoms with Gasteiger partial charge in [-0.3, -0.25) is 4.79 Å². The summed E-state index contributed by atoms with van der Waals surface area (Å²) in [6, 6.07) is 17.8. The summed E-state index contributed by atoms with van der Waals surface area (Å²) in [6.45, 7) is 2.13. The van der Waals surface area contributed by atoms with Crippen molar-refractivity contribution in [3.8, 4) is 0 Å². The fraction of sp³-hybridized carbons (Fsp3) is 0.190. The Labute approximate surface area is 174 Å². The van der Waals surface area contributed by atoms with Gasteiger partial charge in [0.2, 0.25) is 0 Å². The average Bonchev–Trinajstić information content (AvgIpc) is 3.14. The number of aromatic amines is 1. The van der Waals surface area contributed by atoms with Crippen molar-refractivity contribution in [3.63, 3.8) is 0 Å². The van der Waals surface area contributed by atoms with Gasteiger partial charge in [0, 0.05) is 30.7 Å². The Hall–Kier alpha value is -3.66. The van der Waals surface area contributed by atoms with Gasteiger partial charge in [-0.1, -0.05) is 30.3 Å². The molecule has 2 heterocycles. The number of nitrogens with one attached hydrogen (secondary N) is 2. The predicted molar refractivity (Wildman–Crippen MR) is 110 cm³/mol. The Morgan fingerprint density at radius 3 is 2.55 bits per heavy atom. The average molecular weight is 432 g/mol. The van der Waals surface area contributed by atoms with Crippen molar-refractivity contribution < 1.29 is 23.1 Å². The summed E-state index contributed by atoms with van der Waals surface area (Å²) in [6.07, 6.45) is -3.23. The summed E-state index contributed by atoms with van der Waals surface area (Å²) in [7, 11) is 0. The van der Waals surface area contributed by atoms with Crippen molar-refractivity contribution in [3.05, 3.63) is 76.8 Å². The molecule has 0 bridgehead atoms. The molecule has 0 aliphatic carbocycles. The number of fused-ring (bicyclic) bond motifs is 2. The first-order valence-electron chi connectivity index (χ1n) is 9.27. The number of carboxylic acid groups (broad SMARTS) is 1. The maximum absolute atomic E-state index is 12.1. The highest BCUT2D eigenvalue weighted by molar-refractivity contribution is 5.78. The van der Waals surface area contributed by atoms with Crippen LogP contribution in [0.5, 0.6) is 0 Å². The number of hydrogen-bond donors (Lipinski definition) is 3. The third-order valence-corrected chi connectivity index (χ3v) is 4.45. The minimum atomic E-state index is -5.08. The van der Waals surface area contributed by atoms with Crippen LogP contribution >= 0.6 is 0 Å². The molecule has 10 heteroatoms. The zero-order valence-electron chi connectivity index (χ0n) is 16.2. The summed E-state index contributed by atoms with van der Waals surface area (Å²) in [4.78, 5) is 28.3. The molecule has 162 valence electrons. The summed E-state index contributed by atoms with van der Waals surface area (Å²) >= 11 is 0. The number of carbonyl (C=O) groups is 1. The maximum Gasteiger partial charge on any atom is 0.490 e. The fourth-order valence-corrected chi connectivity index (χ4v) is 2.93. The maximum atomic E-state index is 12.1. The number of aliphatic carboxylic acids is 1. The number of para-hydroxylation sites is 3. The Bertz CT molecular complexity index is 1250. The molecule has 0 atom stereocenters. The number of nitrogens with zero attached hydrogens (tertiary/aromatic N) is 2. The van der Waals surface area contributed by atoms with E-state index in [4.69, 9.17) is 9.90 Å². The van der Waals surface area contributed by atoms with E-state index in [9.17, 15) is 18.0 Å². The highest BCUT2D eigenvalue weighted by Crippen LogP contribution is 2.13. The molecule has 0 spiro atoms. The van der Waals surface area contributed by atoms with Gasteiger partial charge >= 0.3 is 12.1 Å². The van der Waals surface area contributed by atoms with Gasteiger partial charge in [0.1, 0.15) is 0 Å². The Balaban J connectivity index is 0.000000339. The molecule has 7 nitrogen and oxygen atoms in total. The van der Waals surface area contributed by atoms with E-state index in [0.717, 1.165) is 40.6 Å². The fourth-order valence-electron chi connectivity index (χ4n) is 2.93. The van der Waals surface area contributed by atoms with Crippen molar-refractivity contribution in [1.82, 2.24) is 19.9 Å². The van der Waals surface area contributed by atoms with Crippen LogP contribution in [0.3, 0.4) is 0 Å². The molecule has 3 N–H and O–H groups in total. The first kappa shape index (κ1) is 22.0. The van der Waals surface area contributed by atoms with Crippen molar-refractivity contribution in [2.24, 2.45) is 0 Å². The van der Waals surface area contributed by atoms with Crippen molar-refractivity contribution in [2.75, 3.05) is 6.54 Å². The van der Waals surface area contributed by atoms with Crippen molar-refractivity contribution in [1.29, 1.82) is 0 Å². The normalized spacial score (nSPS) is 11.3. The van der Waals surface area contributed by atoms with E-state index in [1.807, 2.05) is 54.9 Å². The van der Waals surface area contributed by atoms with E-state index < -0.39 is 12.1 Å². The monoisotopic (exact) mass is 432 g/mol. The van der Waals surface area contributed by atoms with Crippen LogP contribution < -0.4 is 10.9 Å². The van der Waals surface area contributed by atoms with Gasteiger partial charge in [0.05, 0.1) is 17.4 Å². The minimum Gasteiger partial charge on any atom is -0.475 e. The number of rotatable bonds is 5. The molecule has 0 amide bonds. The van der Waals surface area contributed by atoms with E-state index in [1.54, 1.807) is 0 Å². The van der Waals surface area contributed by atoms with Gasteiger partial charge in [-0.25, -0.2) is 9.78 Å². The van der Waals surface area contributed by atoms with Crippen LogP contribution in [0.25, 0.3) is 21.9 Å². The Morgan fingerprint density at radius 2 is 1.81 bits per heavy atom. The zero-order chi connectivity index (χ0) is 22.4. The standard InChI is InChI=1S/C19H18N4O.C2HF3O2/c24-19-15(11-14-5-1-2-6-16(14)22-19)12-20-9-10-23-13-21-17-7-3-4-8-18(17)23;3-2(4,5)1(6)7/h1-8,11,13,20H,9-10,12H2,(H,22,24);(H,6,7). The molecule has 2 aromatic carbocycles. The largest absolute Gasteiger partial charge is 0.490 e. The molecule has 31 heavy (non-hydrogen) atoms. The van der Waals surface area contributed by atoms with Crippen molar-refractivity contribution >= 4 is 27.9 Å². The third-order valence-electron chi connectivity index (χ3n) is 4.45. The number of hydrogen-bond acceptors (Lipinski definition) is 4. The first-order valence-corrected chi connectivity index (χ1v) is 9.27. The molecule has 0 fully saturated rings. The highest BCUT2D eigenvalue weighted by Gasteiger charge is 2.38. The van der Waals surface area contributed by atoms with Crippen LogP contribution in [-0.2, 0) is 17.9 Å². The third kappa shape index (κ3) is 5.70. The van der Waals surface area contributed by atoms with E-state index in [2.05, 4.69) is 25.9 Å². The minimum absolute atomic E-state index is 0.0331. The lowest BCUT2D eigenvalue weighted by molar-refractivity contribution is -0.192. The van der Waals surface area contributed by atoms with Gasteiger partial charge in [0.15, 0.2) is 0 Å². The zero-order valence-corrected chi connectivity index (χ0v) is 16.2. The molecular weight excluding hydrogens is 413 g/mol. The molecule has 0 aliphatic rings. The van der Waals surface area contributed by atoms with Gasteiger partial charge in [-0.05, 0) is 29.7 Å². The Kier molecular flexibility index (Phi) is 6.71. The molecule has 4 rings (SSSR count). The number of carboxylic acids is 1. The highest BCUT2D eigenvalue weighted by atomic mass is 19.4. The number of pyridine rings is 1. The van der Waals surface area contributed by atoms with E-state index >= 15 is 0 Å². The van der Waals surface area contributed by atoms with Crippen LogP contribution in [0.4, 0.5) is 13.2 Å². The lowest BCUT2D eigenvalue weighted by Gasteiger charge is -2.07. The Morgan fingerprint density at radius 1 is 1.13 bits per heavy atom. The van der Waals surface area contributed by atoms with E-state index in [0.29, 0.717) is 6.54 Å². The van der Waals surface area contributed by atoms with Gasteiger partial charge in [0.25, 0.3) is 5.56 Å². The second-order valence-electron chi connectivity index (χ2n) is 6.62. The number of aromatic nitrogens is 3. The lowest BCUT2D eigenvalue weighted by Crippen LogP contribution is -2.24. The number of benzene rings is 2. The predicted octanol–water partition coefficient (Wildman–Crippen LogP) is 3.30. The number of H-pyrrole nitrogens is 1. The van der Waals surface area contributed by atoms with Crippen LogP contribution in [0.15, 0.2) is 65.7 Å². The van der Waals surface area contributed by atoms with Crippen LogP contribution in [0, 0.1) is 0 Å². The van der Waals surface area contributed by atoms with E-state index in [-0.39, 0.29) is 5.56 Å². The summed E-state index contributed by atoms with van der Waals surface area (Å²) in [5.74, 6) is -2.76. The van der Waals surface area contributed by atoms with Gasteiger partial charge in [-0.15, -0.1) is 0 Å². The molecular formula is C21H19F3N4O3. The molecule has 0 saturated carbocycles. The van der Waals surface area contributed by atoms with Gasteiger partial charge < -0.3 is 20.0 Å². The lowest BCUT2D eigenvalue weighted by atomic mass is 10.1. The molecule has 2 aromatic heterocycles. The van der Waals surface area contributed by atoms with Crippen LogP contribution in [-0.4, -0.2) is 38.3 Å². The smallest absolute Gasteiger partial charge is 0.475 e. The van der Waals surface area contributed by atoms with Crippen molar-refractivity contribution in [2.45, 2.75) is 19.3 Å². The van der Waals surface area contributed by atoms with E-state index in [1.165, 1.54) is 0 Å². The first-order chi connectivity index (χ1) is 14.8. The number of imidazole rings is 1. The van der Waals surface area contributed by atoms with Crippen LogP contribution in [0.2, 0.25) is 0 Å². The summed E-state index contributed by atoms with van der Waals surface area (Å²) in [5.41, 5.74) is 3.72. The molecule has 4 aromatic rings. The SMILES string of the molecule is O=C(O)C(F)(F)F.O=c1[nH]c2ccccc2cc1CNCCn1cnc2ccccc21. The second-order valence-corrected chi connectivity index (χ2v) is 6.62. The number of halogens is 3. The molecule has 0 unspecified atom stereocenters. The summed E-state index contributed by atoms with van der Waals surface area (Å²) < 4.78 is 33.9. The second kappa shape index (κ2) is 9.43. The molecule has 0 aliphatic heterocycles. The molecule has 0 saturated heterocycles. The quantitative estimate of drug-likeness (QED) is 0.420. The summed E-state index contributed by atoms with van der Waals surface area (Å²) in [5, 5.41) is 11.5. The van der Waals surface area contributed by atoms with Crippen LogP contribution in [0.1, 0.15) is 5.56 Å².